The van der Waals surface area contributed by atoms with Crippen LogP contribution in [-0.4, -0.2) is 10.1 Å². The zero-order valence-electron chi connectivity index (χ0n) is 4.50. The number of nitrogens with zero attached hydrogens (tertiary/aromatic N) is 1. The summed E-state index contributed by atoms with van der Waals surface area (Å²) in [5.41, 5.74) is 1.05. The van der Waals surface area contributed by atoms with Gasteiger partial charge >= 0.3 is 0 Å². The van der Waals surface area contributed by atoms with Crippen LogP contribution < -0.4 is 0 Å². The third-order valence-electron chi connectivity index (χ3n) is 0.782. The molecule has 0 unspecified atom stereocenters. The fourth-order valence-electron chi connectivity index (χ4n) is 0.436. The van der Waals surface area contributed by atoms with Gasteiger partial charge in [0.1, 0.15) is 0 Å². The van der Waals surface area contributed by atoms with E-state index in [1.807, 2.05) is 18.8 Å². The second-order valence-corrected chi connectivity index (χ2v) is 2.45. The first-order valence-corrected chi connectivity index (χ1v) is 3.24. The minimum atomic E-state index is 0.185. The van der Waals surface area contributed by atoms with E-state index in [1.54, 1.807) is 0 Å². The average molecular weight is 127 g/mol. The number of rotatable bonds is 0. The Balaban J connectivity index is 3.08. The van der Waals surface area contributed by atoms with Crippen LogP contribution in [0, 0.1) is 6.92 Å². The molecule has 1 rings (SSSR count). The molecule has 1 N–H and O–H groups in total. The molecule has 0 radical (unpaired) electrons. The van der Waals surface area contributed by atoms with Gasteiger partial charge in [-0.3, -0.25) is 0 Å². The van der Waals surface area contributed by atoms with Crippen molar-refractivity contribution in [3.05, 3.63) is 17.6 Å². The second-order valence-electron chi connectivity index (χ2n) is 1.50. The number of hydrogen-bond donors (Lipinski definition) is 1. The fraction of sp³-hybridized carbons (Fsp3) is 0.200. The van der Waals surface area contributed by atoms with Gasteiger partial charge < -0.3 is 5.11 Å². The maximum atomic E-state index is 8.75. The van der Waals surface area contributed by atoms with Crippen LogP contribution in [0.5, 0.6) is 5.61 Å². The van der Waals surface area contributed by atoms with Gasteiger partial charge in [-0.1, -0.05) is 0 Å². The van der Waals surface area contributed by atoms with Crippen LogP contribution in [0.25, 0.3) is 0 Å². The summed E-state index contributed by atoms with van der Waals surface area (Å²) >= 11 is 0. The molecule has 42 valence electrons. The molecule has 1 heterocycles. The van der Waals surface area contributed by atoms with Crippen molar-refractivity contribution in [2.24, 2.45) is 0 Å². The third kappa shape index (κ3) is 1.17. The second kappa shape index (κ2) is 2.10. The van der Waals surface area contributed by atoms with E-state index >= 15 is 0 Å². The monoisotopic (exact) mass is 127 g/mol. The van der Waals surface area contributed by atoms with E-state index in [0.717, 1.165) is 13.9 Å². The maximum absolute atomic E-state index is 8.75. The van der Waals surface area contributed by atoms with Gasteiger partial charge in [-0.15, -0.1) is 0 Å². The van der Waals surface area contributed by atoms with Crippen LogP contribution in [0.15, 0.2) is 11.9 Å². The molecule has 2 nitrogen and oxygen atoms in total. The van der Waals surface area contributed by atoms with E-state index in [9.17, 15) is 0 Å². The molecular formula is C5H6NOP. The molecule has 0 aliphatic carbocycles. The standard InChI is InChI=1S/C5H6NOP/c1-4-2-3-8-5(7)6-4/h2-3H,1H3,(H,6,7). The maximum Gasteiger partial charge on any atom is 0.238 e. The van der Waals surface area contributed by atoms with Crippen LogP contribution in [-0.2, 0) is 0 Å². The zero-order valence-corrected chi connectivity index (χ0v) is 5.39. The molecule has 0 fully saturated rings. The number of aromatic nitrogens is 1. The van der Waals surface area contributed by atoms with E-state index in [0.29, 0.717) is 0 Å². The van der Waals surface area contributed by atoms with Gasteiger partial charge in [0.2, 0.25) is 5.61 Å². The Morgan fingerprint density at radius 2 is 2.50 bits per heavy atom. The lowest BCUT2D eigenvalue weighted by atomic mass is 10.5. The summed E-state index contributed by atoms with van der Waals surface area (Å²) in [6.07, 6.45) is 0. The molecule has 0 aromatic carbocycles. The third-order valence-corrected chi connectivity index (χ3v) is 1.41. The van der Waals surface area contributed by atoms with Crippen molar-refractivity contribution < 1.29 is 5.11 Å². The molecule has 0 aliphatic rings. The predicted molar refractivity (Wildman–Crippen MR) is 33.2 cm³/mol. The molecule has 0 amide bonds. The molecule has 0 saturated heterocycles. The molecule has 1 aromatic heterocycles. The van der Waals surface area contributed by atoms with Crippen LogP contribution >= 0.6 is 8.19 Å². The molecule has 0 atom stereocenters. The predicted octanol–water partition coefficient (Wildman–Crippen LogP) is 1.68. The Hall–Kier alpha value is -0.620. The minimum absolute atomic E-state index is 0.185. The van der Waals surface area contributed by atoms with E-state index < -0.39 is 0 Å². The Morgan fingerprint density at radius 3 is 2.88 bits per heavy atom. The minimum Gasteiger partial charge on any atom is -0.490 e. The smallest absolute Gasteiger partial charge is 0.238 e. The van der Waals surface area contributed by atoms with Crippen molar-refractivity contribution in [3.63, 3.8) is 0 Å². The molecule has 0 aliphatic heterocycles. The van der Waals surface area contributed by atoms with Gasteiger partial charge in [0, 0.05) is 5.69 Å². The van der Waals surface area contributed by atoms with Crippen molar-refractivity contribution >= 4 is 8.19 Å². The molecule has 0 spiro atoms. The lowest BCUT2D eigenvalue weighted by molar-refractivity contribution is 0.469. The highest BCUT2D eigenvalue weighted by Gasteiger charge is 1.85. The van der Waals surface area contributed by atoms with E-state index in [2.05, 4.69) is 4.98 Å². The highest BCUT2D eigenvalue weighted by Crippen LogP contribution is 2.17. The van der Waals surface area contributed by atoms with E-state index in [4.69, 9.17) is 5.11 Å². The van der Waals surface area contributed by atoms with Gasteiger partial charge in [-0.05, 0) is 27.0 Å². The van der Waals surface area contributed by atoms with Crippen molar-refractivity contribution in [1.29, 1.82) is 0 Å². The zero-order chi connectivity index (χ0) is 5.98. The van der Waals surface area contributed by atoms with E-state index in [1.165, 1.54) is 0 Å². The number of hydrogen-bond acceptors (Lipinski definition) is 2. The van der Waals surface area contributed by atoms with Gasteiger partial charge in [0.15, 0.2) is 0 Å². The summed E-state index contributed by atoms with van der Waals surface area (Å²) in [6.45, 7) is 1.85. The van der Waals surface area contributed by atoms with Crippen molar-refractivity contribution in [2.75, 3.05) is 0 Å². The molecular weight excluding hydrogens is 121 g/mol. The Labute approximate surface area is 49.3 Å². The average Bonchev–Trinajstić information content (AvgIpc) is 1.64. The summed E-state index contributed by atoms with van der Waals surface area (Å²) in [5.74, 6) is 1.86. The van der Waals surface area contributed by atoms with Crippen LogP contribution in [0.3, 0.4) is 0 Å². The first-order chi connectivity index (χ1) is 3.79. The molecule has 1 aromatic rings. The number of aromatic hydroxyl groups is 1. The first kappa shape index (κ1) is 5.52. The quantitative estimate of drug-likeness (QED) is 0.575. The van der Waals surface area contributed by atoms with Crippen LogP contribution in [0.2, 0.25) is 0 Å². The first-order valence-electron chi connectivity index (χ1n) is 2.27. The topological polar surface area (TPSA) is 33.1 Å². The van der Waals surface area contributed by atoms with Gasteiger partial charge in [-0.25, -0.2) is 4.98 Å². The highest BCUT2D eigenvalue weighted by molar-refractivity contribution is 7.31. The molecule has 0 bridgehead atoms. The Bertz CT molecular complexity index is 172. The Kier molecular flexibility index (Phi) is 1.45. The SMILES string of the molecule is Cc1ccpc(O)n1. The van der Waals surface area contributed by atoms with Crippen molar-refractivity contribution in [2.45, 2.75) is 6.92 Å². The van der Waals surface area contributed by atoms with Crippen LogP contribution in [0.4, 0.5) is 0 Å². The number of aryl methyl sites for hydroxylation is 1. The highest BCUT2D eigenvalue weighted by atomic mass is 31.0. The van der Waals surface area contributed by atoms with E-state index in [-0.39, 0.29) is 5.61 Å². The summed E-state index contributed by atoms with van der Waals surface area (Å²) < 4.78 is 0. The Morgan fingerprint density at radius 1 is 1.75 bits per heavy atom. The summed E-state index contributed by atoms with van der Waals surface area (Å²) in [7, 11) is 0.796. The summed E-state index contributed by atoms with van der Waals surface area (Å²) in [6, 6.07) is 1.88. The lowest BCUT2D eigenvalue weighted by Gasteiger charge is -1.88. The lowest BCUT2D eigenvalue weighted by Crippen LogP contribution is -1.72. The fourth-order valence-corrected chi connectivity index (χ4v) is 1.07. The van der Waals surface area contributed by atoms with Gasteiger partial charge in [-0.2, -0.15) is 0 Å². The molecule has 3 heteroatoms. The van der Waals surface area contributed by atoms with Crippen molar-refractivity contribution in [3.8, 4) is 5.61 Å². The van der Waals surface area contributed by atoms with Crippen LogP contribution in [0.1, 0.15) is 5.69 Å². The molecule has 8 heavy (non-hydrogen) atoms. The largest absolute Gasteiger partial charge is 0.490 e. The normalized spacial score (nSPS) is 10.1. The van der Waals surface area contributed by atoms with Gasteiger partial charge in [0.25, 0.3) is 0 Å². The summed E-state index contributed by atoms with van der Waals surface area (Å²) in [5, 5.41) is 8.75. The summed E-state index contributed by atoms with van der Waals surface area (Å²) in [4.78, 5) is 3.77. The van der Waals surface area contributed by atoms with Crippen molar-refractivity contribution in [1.82, 2.24) is 4.98 Å². The van der Waals surface area contributed by atoms with Gasteiger partial charge in [0.05, 0.1) is 0 Å². The molecule has 0 saturated carbocycles.